The Balaban J connectivity index is 2.69. The topological polar surface area (TPSA) is 47.0 Å². The minimum Gasteiger partial charge on any atom is -0.385 e. The first-order chi connectivity index (χ1) is 9.00. The Morgan fingerprint density at radius 1 is 1.37 bits per heavy atom. The van der Waals surface area contributed by atoms with E-state index in [0.29, 0.717) is 5.15 Å². The third-order valence-electron chi connectivity index (χ3n) is 3.11. The Hall–Kier alpha value is -0.870. The maximum absolute atomic E-state index is 6.13. The van der Waals surface area contributed by atoms with E-state index in [-0.39, 0.29) is 5.41 Å². The van der Waals surface area contributed by atoms with Crippen LogP contribution in [-0.4, -0.2) is 30.2 Å². The highest BCUT2D eigenvalue weighted by Gasteiger charge is 2.18. The second kappa shape index (κ2) is 7.65. The van der Waals surface area contributed by atoms with Gasteiger partial charge in [0.2, 0.25) is 0 Å². The van der Waals surface area contributed by atoms with Crippen LogP contribution in [-0.2, 0) is 11.2 Å². The van der Waals surface area contributed by atoms with E-state index in [1.54, 1.807) is 7.11 Å². The van der Waals surface area contributed by atoms with Crippen molar-refractivity contribution in [2.45, 2.75) is 40.0 Å². The Morgan fingerprint density at radius 2 is 2.11 bits per heavy atom. The van der Waals surface area contributed by atoms with Crippen LogP contribution >= 0.6 is 11.6 Å². The van der Waals surface area contributed by atoms with Crippen LogP contribution in [0.25, 0.3) is 0 Å². The first-order valence-corrected chi connectivity index (χ1v) is 7.10. The van der Waals surface area contributed by atoms with Crippen molar-refractivity contribution < 1.29 is 4.74 Å². The van der Waals surface area contributed by atoms with Gasteiger partial charge in [0, 0.05) is 25.8 Å². The zero-order valence-electron chi connectivity index (χ0n) is 12.3. The number of ether oxygens (including phenoxy) is 1. The first kappa shape index (κ1) is 16.2. The van der Waals surface area contributed by atoms with Gasteiger partial charge in [0.15, 0.2) is 0 Å². The van der Waals surface area contributed by atoms with Crippen LogP contribution in [0.1, 0.15) is 39.2 Å². The molecule has 1 N–H and O–H groups in total. The summed E-state index contributed by atoms with van der Waals surface area (Å²) in [6.07, 6.45) is 4.42. The summed E-state index contributed by atoms with van der Waals surface area (Å²) >= 11 is 6.13. The van der Waals surface area contributed by atoms with E-state index in [4.69, 9.17) is 16.3 Å². The summed E-state index contributed by atoms with van der Waals surface area (Å²) in [6, 6.07) is 0. The fourth-order valence-electron chi connectivity index (χ4n) is 1.80. The van der Waals surface area contributed by atoms with Crippen LogP contribution < -0.4 is 5.32 Å². The van der Waals surface area contributed by atoms with Gasteiger partial charge in [0.05, 0.1) is 0 Å². The van der Waals surface area contributed by atoms with Gasteiger partial charge in [-0.1, -0.05) is 38.8 Å². The maximum Gasteiger partial charge on any atom is 0.137 e. The average molecular weight is 286 g/mol. The van der Waals surface area contributed by atoms with Crippen LogP contribution in [0.15, 0.2) is 6.33 Å². The number of hydrogen-bond donors (Lipinski definition) is 1. The van der Waals surface area contributed by atoms with Crippen LogP contribution in [0.2, 0.25) is 5.15 Å². The first-order valence-electron chi connectivity index (χ1n) is 6.72. The van der Waals surface area contributed by atoms with Crippen molar-refractivity contribution in [3.8, 4) is 0 Å². The molecule has 0 bridgehead atoms. The van der Waals surface area contributed by atoms with Crippen molar-refractivity contribution in [1.82, 2.24) is 9.97 Å². The van der Waals surface area contributed by atoms with Crippen LogP contribution in [0, 0.1) is 5.41 Å². The normalized spacial score (nSPS) is 11.6. The highest BCUT2D eigenvalue weighted by molar-refractivity contribution is 6.30. The lowest BCUT2D eigenvalue weighted by molar-refractivity contribution is 0.157. The molecule has 0 amide bonds. The lowest BCUT2D eigenvalue weighted by Gasteiger charge is -2.25. The molecular formula is C14H24ClN3O. The van der Waals surface area contributed by atoms with E-state index < -0.39 is 0 Å². The largest absolute Gasteiger partial charge is 0.385 e. The predicted octanol–water partition coefficient (Wildman–Crippen LogP) is 3.56. The number of anilines is 1. The number of nitrogens with one attached hydrogen (secondary N) is 1. The third-order valence-corrected chi connectivity index (χ3v) is 3.44. The molecular weight excluding hydrogens is 262 g/mol. The smallest absolute Gasteiger partial charge is 0.137 e. The molecule has 0 aromatic carbocycles. The fourth-order valence-corrected chi connectivity index (χ4v) is 2.03. The molecule has 1 aromatic rings. The molecule has 0 fully saturated rings. The van der Waals surface area contributed by atoms with Gasteiger partial charge in [-0.3, -0.25) is 0 Å². The predicted molar refractivity (Wildman–Crippen MR) is 79.8 cm³/mol. The zero-order chi connectivity index (χ0) is 14.3. The van der Waals surface area contributed by atoms with Crippen molar-refractivity contribution >= 4 is 17.4 Å². The third kappa shape index (κ3) is 5.33. The van der Waals surface area contributed by atoms with Gasteiger partial charge >= 0.3 is 0 Å². The van der Waals surface area contributed by atoms with Gasteiger partial charge < -0.3 is 10.1 Å². The van der Waals surface area contributed by atoms with E-state index in [9.17, 15) is 0 Å². The molecule has 108 valence electrons. The van der Waals surface area contributed by atoms with E-state index in [2.05, 4.69) is 36.1 Å². The minimum absolute atomic E-state index is 0.150. The fraction of sp³-hybridized carbons (Fsp3) is 0.714. The van der Waals surface area contributed by atoms with Crippen molar-refractivity contribution in [2.24, 2.45) is 5.41 Å². The van der Waals surface area contributed by atoms with E-state index >= 15 is 0 Å². The van der Waals surface area contributed by atoms with Crippen LogP contribution in [0.4, 0.5) is 5.82 Å². The van der Waals surface area contributed by atoms with Crippen molar-refractivity contribution in [3.63, 3.8) is 0 Å². The maximum atomic E-state index is 6.13. The molecule has 4 nitrogen and oxygen atoms in total. The van der Waals surface area contributed by atoms with Gasteiger partial charge in [-0.05, 0) is 18.3 Å². The monoisotopic (exact) mass is 285 g/mol. The van der Waals surface area contributed by atoms with Gasteiger partial charge in [-0.2, -0.15) is 0 Å². The molecule has 0 saturated heterocycles. The summed E-state index contributed by atoms with van der Waals surface area (Å²) in [5.74, 6) is 0.854. The molecule has 0 aliphatic heterocycles. The van der Waals surface area contributed by atoms with E-state index in [1.165, 1.54) is 6.33 Å². The second-order valence-electron chi connectivity index (χ2n) is 5.50. The molecule has 0 spiro atoms. The number of aromatic nitrogens is 2. The Labute approximate surface area is 120 Å². The van der Waals surface area contributed by atoms with Gasteiger partial charge in [-0.15, -0.1) is 0 Å². The van der Waals surface area contributed by atoms with Crippen LogP contribution in [0.3, 0.4) is 0 Å². The summed E-state index contributed by atoms with van der Waals surface area (Å²) in [5.41, 5.74) is 1.16. The lowest BCUT2D eigenvalue weighted by atomic mass is 9.89. The van der Waals surface area contributed by atoms with Gasteiger partial charge in [0.25, 0.3) is 0 Å². The summed E-state index contributed by atoms with van der Waals surface area (Å²) < 4.78 is 5.14. The van der Waals surface area contributed by atoms with E-state index in [1.807, 2.05) is 0 Å². The molecule has 0 aliphatic rings. The highest BCUT2D eigenvalue weighted by Crippen LogP contribution is 2.25. The molecule has 0 radical (unpaired) electrons. The van der Waals surface area contributed by atoms with Crippen molar-refractivity contribution in [1.29, 1.82) is 0 Å². The second-order valence-corrected chi connectivity index (χ2v) is 5.86. The van der Waals surface area contributed by atoms with Crippen molar-refractivity contribution in [3.05, 3.63) is 17.0 Å². The average Bonchev–Trinajstić information content (AvgIpc) is 2.37. The Bertz CT molecular complexity index is 396. The Kier molecular flexibility index (Phi) is 6.52. The number of halogens is 1. The quantitative estimate of drug-likeness (QED) is 0.742. The highest BCUT2D eigenvalue weighted by atomic mass is 35.5. The van der Waals surface area contributed by atoms with E-state index in [0.717, 1.165) is 43.8 Å². The molecule has 0 saturated carbocycles. The van der Waals surface area contributed by atoms with Crippen molar-refractivity contribution in [2.75, 3.05) is 25.6 Å². The molecule has 1 heterocycles. The zero-order valence-corrected chi connectivity index (χ0v) is 13.0. The minimum atomic E-state index is 0.150. The van der Waals surface area contributed by atoms with Gasteiger partial charge in [-0.25, -0.2) is 9.97 Å². The lowest BCUT2D eigenvalue weighted by Crippen LogP contribution is -2.25. The van der Waals surface area contributed by atoms with Crippen LogP contribution in [0.5, 0.6) is 0 Å². The summed E-state index contributed by atoms with van der Waals surface area (Å²) in [5, 5.41) is 3.95. The molecule has 1 aromatic heterocycles. The summed E-state index contributed by atoms with van der Waals surface area (Å²) in [4.78, 5) is 8.35. The molecule has 19 heavy (non-hydrogen) atoms. The molecule has 1 rings (SSSR count). The number of rotatable bonds is 8. The number of hydrogen-bond acceptors (Lipinski definition) is 4. The van der Waals surface area contributed by atoms with Gasteiger partial charge in [0.1, 0.15) is 17.3 Å². The summed E-state index contributed by atoms with van der Waals surface area (Å²) in [7, 11) is 1.73. The molecule has 5 heteroatoms. The summed E-state index contributed by atoms with van der Waals surface area (Å²) in [6.45, 7) is 8.14. The standard InChI is InChI=1S/C14H24ClN3O/c1-5-6-11-12(15)17-10-18-13(11)16-9-14(2,3)7-8-19-4/h10H,5-9H2,1-4H3,(H,16,17,18). The number of nitrogens with zero attached hydrogens (tertiary/aromatic N) is 2. The SMILES string of the molecule is CCCc1c(Cl)ncnc1NCC(C)(C)CCOC. The molecule has 0 atom stereocenters. The molecule has 0 aliphatic carbocycles. The number of methoxy groups -OCH3 is 1. The molecule has 0 unspecified atom stereocenters. The Morgan fingerprint density at radius 3 is 2.74 bits per heavy atom.